The molecule has 1 aromatic rings. The Balaban J connectivity index is 3.14. The molecule has 1 aromatic carbocycles. The maximum atomic E-state index is 12.9. The Kier molecular flexibility index (Phi) is 6.23. The van der Waals surface area contributed by atoms with Gasteiger partial charge in [-0.2, -0.15) is 13.2 Å². The fraction of sp³-hybridized carbons (Fsp3) is 0.625. The lowest BCUT2D eigenvalue weighted by Gasteiger charge is -2.35. The number of rotatable bonds is 7. The van der Waals surface area contributed by atoms with Crippen molar-refractivity contribution in [2.45, 2.75) is 51.9 Å². The molecule has 21 heavy (non-hydrogen) atoms. The van der Waals surface area contributed by atoms with Crippen molar-refractivity contribution in [1.82, 2.24) is 5.32 Å². The summed E-state index contributed by atoms with van der Waals surface area (Å²) in [7, 11) is 0. The van der Waals surface area contributed by atoms with E-state index in [1.54, 1.807) is 6.07 Å². The highest BCUT2D eigenvalue weighted by atomic mass is 19.4. The first-order valence-corrected chi connectivity index (χ1v) is 7.26. The SMILES string of the molecule is CCCNC(c1cccc(C(F)(F)F)c1)C(C)(C)OCC. The van der Waals surface area contributed by atoms with Gasteiger partial charge in [0.25, 0.3) is 0 Å². The van der Waals surface area contributed by atoms with Crippen LogP contribution < -0.4 is 5.32 Å². The van der Waals surface area contributed by atoms with Crippen LogP contribution in [0.5, 0.6) is 0 Å². The van der Waals surface area contributed by atoms with Crippen LogP contribution in [0.1, 0.15) is 51.3 Å². The number of alkyl halides is 3. The van der Waals surface area contributed by atoms with Gasteiger partial charge in [0.05, 0.1) is 17.2 Å². The van der Waals surface area contributed by atoms with Crippen molar-refractivity contribution in [2.24, 2.45) is 0 Å². The Hall–Kier alpha value is -1.07. The molecule has 1 N–H and O–H groups in total. The molecule has 0 aliphatic carbocycles. The molecule has 1 unspecified atom stereocenters. The quantitative estimate of drug-likeness (QED) is 0.797. The summed E-state index contributed by atoms with van der Waals surface area (Å²) in [5.74, 6) is 0. The molecule has 0 heterocycles. The van der Waals surface area contributed by atoms with Crippen LogP contribution in [0, 0.1) is 0 Å². The van der Waals surface area contributed by atoms with Crippen LogP contribution in [0.4, 0.5) is 13.2 Å². The van der Waals surface area contributed by atoms with E-state index in [2.05, 4.69) is 5.32 Å². The molecule has 1 atom stereocenters. The molecular weight excluding hydrogens is 279 g/mol. The number of halogens is 3. The van der Waals surface area contributed by atoms with Crippen LogP contribution in [0.25, 0.3) is 0 Å². The summed E-state index contributed by atoms with van der Waals surface area (Å²) in [6.45, 7) is 8.91. The molecule has 0 aromatic heterocycles. The number of hydrogen-bond donors (Lipinski definition) is 1. The molecule has 0 bridgehead atoms. The predicted molar refractivity (Wildman–Crippen MR) is 78.2 cm³/mol. The summed E-state index contributed by atoms with van der Waals surface area (Å²) in [4.78, 5) is 0. The van der Waals surface area contributed by atoms with Gasteiger partial charge in [0, 0.05) is 6.61 Å². The Bertz CT molecular complexity index is 443. The Morgan fingerprint density at radius 2 is 1.86 bits per heavy atom. The highest BCUT2D eigenvalue weighted by Crippen LogP contribution is 2.34. The molecule has 0 aliphatic heterocycles. The average Bonchev–Trinajstić information content (AvgIpc) is 2.38. The van der Waals surface area contributed by atoms with Crippen LogP contribution in [-0.4, -0.2) is 18.8 Å². The van der Waals surface area contributed by atoms with Crippen molar-refractivity contribution in [3.63, 3.8) is 0 Å². The largest absolute Gasteiger partial charge is 0.416 e. The van der Waals surface area contributed by atoms with E-state index in [1.807, 2.05) is 27.7 Å². The maximum absolute atomic E-state index is 12.9. The fourth-order valence-corrected chi connectivity index (χ4v) is 2.40. The van der Waals surface area contributed by atoms with Gasteiger partial charge in [0.2, 0.25) is 0 Å². The van der Waals surface area contributed by atoms with Crippen molar-refractivity contribution in [2.75, 3.05) is 13.2 Å². The van der Waals surface area contributed by atoms with Crippen LogP contribution in [0.2, 0.25) is 0 Å². The second-order valence-electron chi connectivity index (χ2n) is 5.55. The molecule has 0 fully saturated rings. The van der Waals surface area contributed by atoms with Crippen molar-refractivity contribution < 1.29 is 17.9 Å². The van der Waals surface area contributed by atoms with E-state index in [1.165, 1.54) is 12.1 Å². The molecule has 0 aliphatic rings. The molecule has 0 spiro atoms. The normalized spacial score (nSPS) is 14.2. The van der Waals surface area contributed by atoms with Gasteiger partial charge in [-0.15, -0.1) is 0 Å². The lowest BCUT2D eigenvalue weighted by molar-refractivity contribution is -0.137. The molecule has 0 saturated heterocycles. The summed E-state index contributed by atoms with van der Waals surface area (Å²) in [6, 6.07) is 5.16. The molecule has 5 heteroatoms. The minimum Gasteiger partial charge on any atom is -0.374 e. The zero-order chi connectivity index (χ0) is 16.1. The van der Waals surface area contributed by atoms with E-state index in [0.29, 0.717) is 12.2 Å². The van der Waals surface area contributed by atoms with Crippen molar-refractivity contribution in [3.8, 4) is 0 Å². The summed E-state index contributed by atoms with van der Waals surface area (Å²) < 4.78 is 44.4. The first-order valence-electron chi connectivity index (χ1n) is 7.26. The van der Waals surface area contributed by atoms with Crippen LogP contribution in [0.15, 0.2) is 24.3 Å². The van der Waals surface area contributed by atoms with Crippen LogP contribution in [0.3, 0.4) is 0 Å². The monoisotopic (exact) mass is 303 g/mol. The molecular formula is C16H24F3NO. The Morgan fingerprint density at radius 3 is 2.38 bits per heavy atom. The van der Waals surface area contributed by atoms with Gasteiger partial charge in [-0.3, -0.25) is 0 Å². The van der Waals surface area contributed by atoms with E-state index < -0.39 is 17.3 Å². The minimum absolute atomic E-state index is 0.292. The first-order chi connectivity index (χ1) is 9.72. The number of ether oxygens (including phenoxy) is 1. The second-order valence-corrected chi connectivity index (χ2v) is 5.55. The van der Waals surface area contributed by atoms with Gasteiger partial charge < -0.3 is 10.1 Å². The van der Waals surface area contributed by atoms with E-state index in [0.717, 1.165) is 19.0 Å². The van der Waals surface area contributed by atoms with Gasteiger partial charge in [0.1, 0.15) is 0 Å². The van der Waals surface area contributed by atoms with Crippen molar-refractivity contribution >= 4 is 0 Å². The van der Waals surface area contributed by atoms with Gasteiger partial charge >= 0.3 is 6.18 Å². The van der Waals surface area contributed by atoms with E-state index in [4.69, 9.17) is 4.74 Å². The lowest BCUT2D eigenvalue weighted by atomic mass is 9.90. The highest BCUT2D eigenvalue weighted by Gasteiger charge is 2.34. The standard InChI is InChI=1S/C16H24F3NO/c1-5-10-20-14(15(3,4)21-6-2)12-8-7-9-13(11-12)16(17,18)19/h7-9,11,14,20H,5-6,10H2,1-4H3. The Labute approximate surface area is 124 Å². The summed E-state index contributed by atoms with van der Waals surface area (Å²) >= 11 is 0. The average molecular weight is 303 g/mol. The minimum atomic E-state index is -4.33. The third-order valence-electron chi connectivity index (χ3n) is 3.36. The third kappa shape index (κ3) is 5.00. The Morgan fingerprint density at radius 1 is 1.19 bits per heavy atom. The molecule has 2 nitrogen and oxygen atoms in total. The van der Waals surface area contributed by atoms with Crippen molar-refractivity contribution in [1.29, 1.82) is 0 Å². The van der Waals surface area contributed by atoms with Gasteiger partial charge in [-0.05, 0) is 51.4 Å². The second kappa shape index (κ2) is 7.27. The zero-order valence-corrected chi connectivity index (χ0v) is 13.1. The van der Waals surface area contributed by atoms with Gasteiger partial charge in [0.15, 0.2) is 0 Å². The third-order valence-corrected chi connectivity index (χ3v) is 3.36. The first kappa shape index (κ1) is 18.0. The number of benzene rings is 1. The summed E-state index contributed by atoms with van der Waals surface area (Å²) in [5, 5.41) is 3.30. The molecule has 0 radical (unpaired) electrons. The van der Waals surface area contributed by atoms with Gasteiger partial charge in [-0.25, -0.2) is 0 Å². The molecule has 0 amide bonds. The zero-order valence-electron chi connectivity index (χ0n) is 13.1. The van der Waals surface area contributed by atoms with E-state index >= 15 is 0 Å². The van der Waals surface area contributed by atoms with Crippen LogP contribution in [-0.2, 0) is 10.9 Å². The molecule has 120 valence electrons. The highest BCUT2D eigenvalue weighted by molar-refractivity contribution is 5.29. The van der Waals surface area contributed by atoms with E-state index in [-0.39, 0.29) is 6.04 Å². The number of hydrogen-bond acceptors (Lipinski definition) is 2. The van der Waals surface area contributed by atoms with Crippen LogP contribution >= 0.6 is 0 Å². The fourth-order valence-electron chi connectivity index (χ4n) is 2.40. The summed E-state index contributed by atoms with van der Waals surface area (Å²) in [6.07, 6.45) is -3.43. The molecule has 0 saturated carbocycles. The van der Waals surface area contributed by atoms with E-state index in [9.17, 15) is 13.2 Å². The number of nitrogens with one attached hydrogen (secondary N) is 1. The van der Waals surface area contributed by atoms with Crippen molar-refractivity contribution in [3.05, 3.63) is 35.4 Å². The smallest absolute Gasteiger partial charge is 0.374 e. The topological polar surface area (TPSA) is 21.3 Å². The molecule has 1 rings (SSSR count). The lowest BCUT2D eigenvalue weighted by Crippen LogP contribution is -2.42. The summed E-state index contributed by atoms with van der Waals surface area (Å²) in [5.41, 5.74) is -0.624. The van der Waals surface area contributed by atoms with Gasteiger partial charge in [-0.1, -0.05) is 19.1 Å². The predicted octanol–water partition coefficient (Wildman–Crippen LogP) is 4.56. The maximum Gasteiger partial charge on any atom is 0.416 e.